The van der Waals surface area contributed by atoms with E-state index >= 15 is 0 Å². The molecule has 0 aliphatic heterocycles. The van der Waals surface area contributed by atoms with E-state index in [-0.39, 0.29) is 11.4 Å². The first kappa shape index (κ1) is 12.8. The molecule has 0 saturated carbocycles. The van der Waals surface area contributed by atoms with Crippen molar-refractivity contribution in [2.75, 3.05) is 7.11 Å². The third kappa shape index (κ3) is 3.09. The van der Waals surface area contributed by atoms with Gasteiger partial charge in [-0.15, -0.1) is 0 Å². The van der Waals surface area contributed by atoms with Crippen LogP contribution in [0.4, 0.5) is 0 Å². The van der Waals surface area contributed by atoms with Crippen molar-refractivity contribution in [3.8, 4) is 0 Å². The number of hydrogen-bond donors (Lipinski definition) is 0. The molecule has 0 spiro atoms. The van der Waals surface area contributed by atoms with Crippen molar-refractivity contribution in [1.29, 1.82) is 0 Å². The predicted octanol–water partition coefficient (Wildman–Crippen LogP) is 3.09. The molecule has 2 heteroatoms. The monoisotopic (exact) mass is 220 g/mol. The number of aryl methyl sites for hydroxylation is 1. The molecule has 0 aliphatic rings. The van der Waals surface area contributed by atoms with Gasteiger partial charge in [0.05, 0.1) is 13.5 Å². The number of esters is 1. The molecule has 0 atom stereocenters. The van der Waals surface area contributed by atoms with E-state index in [0.717, 1.165) is 6.42 Å². The van der Waals surface area contributed by atoms with Gasteiger partial charge in [-0.25, -0.2) is 0 Å². The zero-order valence-corrected chi connectivity index (χ0v) is 10.5. The van der Waals surface area contributed by atoms with Gasteiger partial charge in [0.25, 0.3) is 0 Å². The van der Waals surface area contributed by atoms with Gasteiger partial charge in [0.1, 0.15) is 0 Å². The van der Waals surface area contributed by atoms with Gasteiger partial charge in [-0.05, 0) is 17.5 Å². The topological polar surface area (TPSA) is 26.3 Å². The van der Waals surface area contributed by atoms with E-state index in [1.54, 1.807) is 0 Å². The molecule has 0 bridgehead atoms. The first-order chi connectivity index (χ1) is 7.49. The Morgan fingerprint density at radius 3 is 2.25 bits per heavy atom. The zero-order valence-electron chi connectivity index (χ0n) is 10.5. The first-order valence-corrected chi connectivity index (χ1v) is 5.66. The van der Waals surface area contributed by atoms with E-state index in [2.05, 4.69) is 45.0 Å². The minimum atomic E-state index is -0.167. The molecule has 16 heavy (non-hydrogen) atoms. The fourth-order valence-corrected chi connectivity index (χ4v) is 1.73. The average Bonchev–Trinajstić information content (AvgIpc) is 2.28. The summed E-state index contributed by atoms with van der Waals surface area (Å²) in [6.07, 6.45) is 1.45. The summed E-state index contributed by atoms with van der Waals surface area (Å²) in [4.78, 5) is 11.3. The molecule has 88 valence electrons. The molecule has 0 radical (unpaired) electrons. The van der Waals surface area contributed by atoms with Crippen molar-refractivity contribution < 1.29 is 9.53 Å². The molecule has 0 unspecified atom stereocenters. The molecule has 1 rings (SSSR count). The Balaban J connectivity index is 2.84. The Labute approximate surface area is 97.6 Å². The number of carbonyl (C=O) groups is 1. The highest BCUT2D eigenvalue weighted by atomic mass is 16.5. The highest BCUT2D eigenvalue weighted by molar-refractivity contribution is 5.71. The number of carbonyl (C=O) groups excluding carboxylic acids is 1. The summed E-state index contributed by atoms with van der Waals surface area (Å²) < 4.78 is 4.71. The maximum Gasteiger partial charge on any atom is 0.306 e. The van der Waals surface area contributed by atoms with Crippen LogP contribution < -0.4 is 0 Å². The highest BCUT2D eigenvalue weighted by Gasteiger charge is 2.24. The van der Waals surface area contributed by atoms with E-state index in [1.165, 1.54) is 18.2 Å². The number of benzene rings is 1. The molecule has 0 N–H and O–H groups in total. The standard InChI is InChI=1S/C14H20O2/c1-5-11-6-8-12(9-7-11)14(2,3)10-13(15)16-4/h6-9H,5,10H2,1-4H3. The lowest BCUT2D eigenvalue weighted by Gasteiger charge is -2.24. The fourth-order valence-electron chi connectivity index (χ4n) is 1.73. The maximum atomic E-state index is 11.3. The van der Waals surface area contributed by atoms with Crippen LogP contribution in [0, 0.1) is 0 Å². The summed E-state index contributed by atoms with van der Waals surface area (Å²) in [5.41, 5.74) is 2.33. The van der Waals surface area contributed by atoms with Gasteiger partial charge in [-0.3, -0.25) is 4.79 Å². The maximum absolute atomic E-state index is 11.3. The normalized spacial score (nSPS) is 11.2. The Bertz CT molecular complexity index is 350. The Morgan fingerprint density at radius 2 is 1.81 bits per heavy atom. The minimum absolute atomic E-state index is 0.162. The lowest BCUT2D eigenvalue weighted by molar-refractivity contribution is -0.141. The van der Waals surface area contributed by atoms with E-state index in [1.807, 2.05) is 0 Å². The molecule has 0 saturated heterocycles. The number of hydrogen-bond acceptors (Lipinski definition) is 2. The summed E-state index contributed by atoms with van der Waals surface area (Å²) in [5.74, 6) is -0.162. The van der Waals surface area contributed by atoms with Crippen molar-refractivity contribution in [1.82, 2.24) is 0 Å². The third-order valence-electron chi connectivity index (χ3n) is 2.96. The Hall–Kier alpha value is -1.31. The number of methoxy groups -OCH3 is 1. The zero-order chi connectivity index (χ0) is 12.2. The second kappa shape index (κ2) is 5.15. The number of ether oxygens (including phenoxy) is 1. The van der Waals surface area contributed by atoms with E-state index < -0.39 is 0 Å². The van der Waals surface area contributed by atoms with Crippen LogP contribution >= 0.6 is 0 Å². The Morgan fingerprint density at radius 1 is 1.25 bits per heavy atom. The molecular weight excluding hydrogens is 200 g/mol. The molecule has 1 aromatic rings. The lowest BCUT2D eigenvalue weighted by Crippen LogP contribution is -2.22. The van der Waals surface area contributed by atoms with Gasteiger partial charge in [-0.1, -0.05) is 45.0 Å². The largest absolute Gasteiger partial charge is 0.469 e. The van der Waals surface area contributed by atoms with Crippen molar-refractivity contribution in [3.05, 3.63) is 35.4 Å². The van der Waals surface area contributed by atoms with Crippen LogP contribution in [0.15, 0.2) is 24.3 Å². The van der Waals surface area contributed by atoms with Crippen LogP contribution in [-0.2, 0) is 21.4 Å². The molecule has 1 aromatic carbocycles. The summed E-state index contributed by atoms with van der Waals surface area (Å²) >= 11 is 0. The molecule has 0 heterocycles. The third-order valence-corrected chi connectivity index (χ3v) is 2.96. The van der Waals surface area contributed by atoms with E-state index in [9.17, 15) is 4.79 Å². The average molecular weight is 220 g/mol. The molecule has 0 amide bonds. The fraction of sp³-hybridized carbons (Fsp3) is 0.500. The van der Waals surface area contributed by atoms with E-state index in [0.29, 0.717) is 6.42 Å². The quantitative estimate of drug-likeness (QED) is 0.729. The summed E-state index contributed by atoms with van der Waals surface area (Å²) in [6.45, 7) is 6.25. The smallest absolute Gasteiger partial charge is 0.306 e. The highest BCUT2D eigenvalue weighted by Crippen LogP contribution is 2.27. The van der Waals surface area contributed by atoms with Gasteiger partial charge < -0.3 is 4.74 Å². The van der Waals surface area contributed by atoms with Crippen LogP contribution in [0.5, 0.6) is 0 Å². The molecular formula is C14H20O2. The van der Waals surface area contributed by atoms with Crippen molar-refractivity contribution in [2.45, 2.75) is 39.0 Å². The second-order valence-electron chi connectivity index (χ2n) is 4.69. The van der Waals surface area contributed by atoms with Gasteiger partial charge in [0.15, 0.2) is 0 Å². The van der Waals surface area contributed by atoms with Gasteiger partial charge in [0.2, 0.25) is 0 Å². The minimum Gasteiger partial charge on any atom is -0.469 e. The van der Waals surface area contributed by atoms with Crippen LogP contribution in [0.25, 0.3) is 0 Å². The summed E-state index contributed by atoms with van der Waals surface area (Å²) in [5, 5.41) is 0. The van der Waals surface area contributed by atoms with Gasteiger partial charge in [0, 0.05) is 5.41 Å². The van der Waals surface area contributed by atoms with Crippen LogP contribution in [0.3, 0.4) is 0 Å². The lowest BCUT2D eigenvalue weighted by atomic mass is 9.81. The van der Waals surface area contributed by atoms with Crippen molar-refractivity contribution in [3.63, 3.8) is 0 Å². The predicted molar refractivity (Wildman–Crippen MR) is 65.5 cm³/mol. The van der Waals surface area contributed by atoms with E-state index in [4.69, 9.17) is 4.74 Å². The SMILES string of the molecule is CCc1ccc(C(C)(C)CC(=O)OC)cc1. The summed E-state index contributed by atoms with van der Waals surface area (Å²) in [7, 11) is 1.43. The molecule has 0 aliphatic carbocycles. The van der Waals surface area contributed by atoms with Crippen molar-refractivity contribution in [2.24, 2.45) is 0 Å². The summed E-state index contributed by atoms with van der Waals surface area (Å²) in [6, 6.07) is 8.44. The van der Waals surface area contributed by atoms with Gasteiger partial charge >= 0.3 is 5.97 Å². The molecule has 2 nitrogen and oxygen atoms in total. The second-order valence-corrected chi connectivity index (χ2v) is 4.69. The first-order valence-electron chi connectivity index (χ1n) is 5.66. The van der Waals surface area contributed by atoms with Crippen LogP contribution in [0.2, 0.25) is 0 Å². The molecule has 0 aromatic heterocycles. The van der Waals surface area contributed by atoms with Crippen LogP contribution in [-0.4, -0.2) is 13.1 Å². The number of rotatable bonds is 4. The molecule has 0 fully saturated rings. The Kier molecular flexibility index (Phi) is 4.11. The van der Waals surface area contributed by atoms with Crippen molar-refractivity contribution >= 4 is 5.97 Å². The van der Waals surface area contributed by atoms with Gasteiger partial charge in [-0.2, -0.15) is 0 Å². The van der Waals surface area contributed by atoms with Crippen LogP contribution in [0.1, 0.15) is 38.3 Å².